The maximum absolute atomic E-state index is 11.1. The maximum Gasteiger partial charge on any atom is 0.335 e. The molecule has 5 nitrogen and oxygen atoms in total. The second-order valence-corrected chi connectivity index (χ2v) is 5.02. The molecule has 0 aliphatic carbocycles. The van der Waals surface area contributed by atoms with Gasteiger partial charge in [-0.2, -0.15) is 0 Å². The average molecular weight is 260 g/mol. The molecule has 1 N–H and O–H groups in total. The lowest BCUT2D eigenvalue weighted by atomic mass is 10.0. The Balaban J connectivity index is 2.03. The third kappa shape index (κ3) is 2.21. The number of hydrogen-bond acceptors (Lipinski definition) is 3. The molecule has 5 heteroatoms. The molecule has 2 atom stereocenters. The average Bonchev–Trinajstić information content (AvgIpc) is 2.81. The first-order chi connectivity index (χ1) is 9.15. The molecule has 0 bridgehead atoms. The Morgan fingerprint density at radius 3 is 3.11 bits per heavy atom. The van der Waals surface area contributed by atoms with Gasteiger partial charge in [-0.15, -0.1) is 0 Å². The molecule has 0 spiro atoms. The number of aromatic carboxylic acids is 1. The number of fused-ring (bicyclic) bond motifs is 1. The highest BCUT2D eigenvalue weighted by molar-refractivity contribution is 5.92. The fourth-order valence-electron chi connectivity index (χ4n) is 2.68. The van der Waals surface area contributed by atoms with E-state index in [-0.39, 0.29) is 6.10 Å². The number of benzene rings is 1. The van der Waals surface area contributed by atoms with E-state index < -0.39 is 5.97 Å². The predicted molar refractivity (Wildman–Crippen MR) is 70.4 cm³/mol. The van der Waals surface area contributed by atoms with Crippen LogP contribution in [0.3, 0.4) is 0 Å². The molecule has 0 saturated carbocycles. The Kier molecular flexibility index (Phi) is 2.98. The number of aromatic nitrogens is 2. The van der Waals surface area contributed by atoms with E-state index in [0.717, 1.165) is 30.5 Å². The number of hydrogen-bond donors (Lipinski definition) is 1. The lowest BCUT2D eigenvalue weighted by Gasteiger charge is -2.28. The summed E-state index contributed by atoms with van der Waals surface area (Å²) in [5.74, 6) is -0.907. The normalized spacial score (nSPS) is 23.6. The van der Waals surface area contributed by atoms with Crippen LogP contribution in [0.15, 0.2) is 24.5 Å². The zero-order chi connectivity index (χ0) is 13.4. The molecule has 3 rings (SSSR count). The van der Waals surface area contributed by atoms with Crippen LogP contribution in [0.25, 0.3) is 11.0 Å². The van der Waals surface area contributed by atoms with Crippen molar-refractivity contribution in [2.24, 2.45) is 0 Å². The van der Waals surface area contributed by atoms with Crippen LogP contribution in [0.1, 0.15) is 36.2 Å². The van der Waals surface area contributed by atoms with E-state index in [9.17, 15) is 4.79 Å². The molecule has 1 saturated heterocycles. The molecule has 0 radical (unpaired) electrons. The van der Waals surface area contributed by atoms with Gasteiger partial charge in [0.2, 0.25) is 0 Å². The predicted octanol–water partition coefficient (Wildman–Crippen LogP) is 2.47. The lowest BCUT2D eigenvalue weighted by Crippen LogP contribution is -2.25. The second kappa shape index (κ2) is 4.66. The van der Waals surface area contributed by atoms with E-state index in [1.165, 1.54) is 0 Å². The molecule has 0 amide bonds. The number of imidazole rings is 1. The fraction of sp³-hybridized carbons (Fsp3) is 0.429. The third-order valence-electron chi connectivity index (χ3n) is 3.67. The monoisotopic (exact) mass is 260 g/mol. The van der Waals surface area contributed by atoms with Crippen LogP contribution in [0.5, 0.6) is 0 Å². The summed E-state index contributed by atoms with van der Waals surface area (Å²) < 4.78 is 7.64. The molecule has 1 aromatic carbocycles. The Labute approximate surface area is 110 Å². The van der Waals surface area contributed by atoms with Crippen molar-refractivity contribution in [2.75, 3.05) is 6.61 Å². The number of carboxylic acids is 1. The van der Waals surface area contributed by atoms with Gasteiger partial charge in [0, 0.05) is 12.6 Å². The third-order valence-corrected chi connectivity index (χ3v) is 3.67. The van der Waals surface area contributed by atoms with E-state index in [2.05, 4.69) is 16.5 Å². The van der Waals surface area contributed by atoms with Gasteiger partial charge in [0.25, 0.3) is 0 Å². The highest BCUT2D eigenvalue weighted by Crippen LogP contribution is 2.28. The summed E-state index contributed by atoms with van der Waals surface area (Å²) >= 11 is 0. The van der Waals surface area contributed by atoms with Gasteiger partial charge in [-0.3, -0.25) is 0 Å². The Morgan fingerprint density at radius 2 is 2.37 bits per heavy atom. The van der Waals surface area contributed by atoms with Gasteiger partial charge in [-0.05, 0) is 38.0 Å². The van der Waals surface area contributed by atoms with Crippen molar-refractivity contribution in [1.82, 2.24) is 9.55 Å². The quantitative estimate of drug-likeness (QED) is 0.901. The standard InChI is InChI=1S/C14H16N2O3/c1-9-6-11(4-5-19-9)16-8-15-12-3-2-10(14(17)18)7-13(12)16/h2-3,7-9,11H,4-6H2,1H3,(H,17,18). The molecule has 1 aromatic heterocycles. The molecule has 1 fully saturated rings. The van der Waals surface area contributed by atoms with Crippen LogP contribution in [0.2, 0.25) is 0 Å². The largest absolute Gasteiger partial charge is 0.478 e. The van der Waals surface area contributed by atoms with E-state index in [4.69, 9.17) is 9.84 Å². The topological polar surface area (TPSA) is 64.4 Å². The summed E-state index contributed by atoms with van der Waals surface area (Å²) in [7, 11) is 0. The second-order valence-electron chi connectivity index (χ2n) is 5.02. The molecule has 1 aliphatic heterocycles. The molecule has 2 heterocycles. The first kappa shape index (κ1) is 12.2. The van der Waals surface area contributed by atoms with Gasteiger partial charge in [0.15, 0.2) is 0 Å². The molecule has 100 valence electrons. The van der Waals surface area contributed by atoms with Crippen molar-refractivity contribution in [1.29, 1.82) is 0 Å². The number of nitrogens with zero attached hydrogens (tertiary/aromatic N) is 2. The Morgan fingerprint density at radius 1 is 1.53 bits per heavy atom. The molecule has 2 unspecified atom stereocenters. The van der Waals surface area contributed by atoms with Crippen molar-refractivity contribution >= 4 is 17.0 Å². The van der Waals surface area contributed by atoms with Gasteiger partial charge in [-0.1, -0.05) is 0 Å². The van der Waals surface area contributed by atoms with Crippen LogP contribution in [0.4, 0.5) is 0 Å². The Hall–Kier alpha value is -1.88. The van der Waals surface area contributed by atoms with E-state index in [1.807, 2.05) is 0 Å². The van der Waals surface area contributed by atoms with Crippen LogP contribution in [-0.4, -0.2) is 33.3 Å². The van der Waals surface area contributed by atoms with Gasteiger partial charge in [-0.25, -0.2) is 9.78 Å². The van der Waals surface area contributed by atoms with Crippen molar-refractivity contribution in [3.05, 3.63) is 30.1 Å². The minimum absolute atomic E-state index is 0.235. The highest BCUT2D eigenvalue weighted by Gasteiger charge is 2.22. The zero-order valence-electron chi connectivity index (χ0n) is 10.7. The van der Waals surface area contributed by atoms with Crippen molar-refractivity contribution in [2.45, 2.75) is 31.9 Å². The Bertz CT molecular complexity index is 620. The number of carboxylic acid groups (broad SMARTS) is 1. The zero-order valence-corrected chi connectivity index (χ0v) is 10.7. The highest BCUT2D eigenvalue weighted by atomic mass is 16.5. The minimum atomic E-state index is -0.907. The first-order valence-electron chi connectivity index (χ1n) is 6.46. The molecule has 1 aliphatic rings. The van der Waals surface area contributed by atoms with Crippen LogP contribution < -0.4 is 0 Å². The van der Waals surface area contributed by atoms with E-state index in [0.29, 0.717) is 11.6 Å². The molecule has 2 aromatic rings. The van der Waals surface area contributed by atoms with E-state index in [1.54, 1.807) is 24.5 Å². The van der Waals surface area contributed by atoms with Crippen LogP contribution in [-0.2, 0) is 4.74 Å². The first-order valence-corrected chi connectivity index (χ1v) is 6.46. The van der Waals surface area contributed by atoms with Crippen molar-refractivity contribution < 1.29 is 14.6 Å². The maximum atomic E-state index is 11.1. The number of ether oxygens (including phenoxy) is 1. The van der Waals surface area contributed by atoms with Gasteiger partial charge in [0.1, 0.15) is 0 Å². The number of carbonyl (C=O) groups is 1. The fourth-order valence-corrected chi connectivity index (χ4v) is 2.68. The van der Waals surface area contributed by atoms with Crippen LogP contribution >= 0.6 is 0 Å². The summed E-state index contributed by atoms with van der Waals surface area (Å²) in [5.41, 5.74) is 2.03. The van der Waals surface area contributed by atoms with Crippen molar-refractivity contribution in [3.8, 4) is 0 Å². The molecular weight excluding hydrogens is 244 g/mol. The lowest BCUT2D eigenvalue weighted by molar-refractivity contribution is 0.00670. The van der Waals surface area contributed by atoms with Crippen molar-refractivity contribution in [3.63, 3.8) is 0 Å². The van der Waals surface area contributed by atoms with Gasteiger partial charge >= 0.3 is 5.97 Å². The van der Waals surface area contributed by atoms with Gasteiger partial charge < -0.3 is 14.4 Å². The van der Waals surface area contributed by atoms with E-state index >= 15 is 0 Å². The molecular formula is C14H16N2O3. The van der Waals surface area contributed by atoms with Crippen LogP contribution in [0, 0.1) is 0 Å². The summed E-state index contributed by atoms with van der Waals surface area (Å²) in [6.07, 6.45) is 3.91. The minimum Gasteiger partial charge on any atom is -0.478 e. The summed E-state index contributed by atoms with van der Waals surface area (Å²) in [5, 5.41) is 9.08. The SMILES string of the molecule is CC1CC(n2cnc3ccc(C(=O)O)cc32)CCO1. The summed E-state index contributed by atoms with van der Waals surface area (Å²) in [6, 6.07) is 5.38. The summed E-state index contributed by atoms with van der Waals surface area (Å²) in [4.78, 5) is 15.4. The summed E-state index contributed by atoms with van der Waals surface area (Å²) in [6.45, 7) is 2.80. The smallest absolute Gasteiger partial charge is 0.335 e. The number of rotatable bonds is 2. The molecule has 19 heavy (non-hydrogen) atoms. The van der Waals surface area contributed by atoms with Gasteiger partial charge in [0.05, 0.1) is 29.0 Å².